The predicted molar refractivity (Wildman–Crippen MR) is 172 cm³/mol. The SMILES string of the molecule is CCN(CC)C(=O)C1=C(C)N=c2s/c(=C/c3cc(Cl)ccc3OCc3ccccc3Cl)c(=O)n2[C@H]1c1ccccc1OC. The van der Waals surface area contributed by atoms with Gasteiger partial charge in [-0.15, -0.1) is 0 Å². The van der Waals surface area contributed by atoms with Crippen molar-refractivity contribution in [3.63, 3.8) is 0 Å². The van der Waals surface area contributed by atoms with Gasteiger partial charge in [-0.25, -0.2) is 4.99 Å². The Bertz CT molecular complexity index is 1890. The molecule has 43 heavy (non-hydrogen) atoms. The number of ether oxygens (including phenoxy) is 2. The van der Waals surface area contributed by atoms with Crippen molar-refractivity contribution in [2.45, 2.75) is 33.4 Å². The molecule has 10 heteroatoms. The number of methoxy groups -OCH3 is 1. The molecule has 0 spiro atoms. The van der Waals surface area contributed by atoms with E-state index >= 15 is 0 Å². The first-order valence-electron chi connectivity index (χ1n) is 13.9. The average Bonchev–Trinajstić information content (AvgIpc) is 3.31. The van der Waals surface area contributed by atoms with E-state index in [9.17, 15) is 9.59 Å². The summed E-state index contributed by atoms with van der Waals surface area (Å²) in [4.78, 5) is 35.1. The highest BCUT2D eigenvalue weighted by molar-refractivity contribution is 7.07. The van der Waals surface area contributed by atoms with Gasteiger partial charge < -0.3 is 14.4 Å². The molecule has 4 aromatic rings. The number of allylic oxidation sites excluding steroid dienone is 1. The Hall–Kier alpha value is -3.85. The van der Waals surface area contributed by atoms with E-state index < -0.39 is 6.04 Å². The first-order valence-corrected chi connectivity index (χ1v) is 15.4. The highest BCUT2D eigenvalue weighted by Gasteiger charge is 2.35. The lowest BCUT2D eigenvalue weighted by atomic mass is 9.94. The number of aromatic nitrogens is 1. The van der Waals surface area contributed by atoms with Crippen molar-refractivity contribution in [2.75, 3.05) is 20.2 Å². The van der Waals surface area contributed by atoms with E-state index in [0.717, 1.165) is 5.56 Å². The van der Waals surface area contributed by atoms with Crippen LogP contribution in [0.4, 0.5) is 0 Å². The van der Waals surface area contributed by atoms with Crippen LogP contribution >= 0.6 is 34.5 Å². The van der Waals surface area contributed by atoms with Gasteiger partial charge in [0.15, 0.2) is 4.80 Å². The summed E-state index contributed by atoms with van der Waals surface area (Å²) in [6, 6.07) is 19.4. The minimum atomic E-state index is -0.724. The summed E-state index contributed by atoms with van der Waals surface area (Å²) >= 11 is 14.0. The number of carbonyl (C=O) groups is 1. The fourth-order valence-electron chi connectivity index (χ4n) is 5.14. The van der Waals surface area contributed by atoms with Crippen molar-refractivity contribution in [3.8, 4) is 11.5 Å². The van der Waals surface area contributed by atoms with Gasteiger partial charge in [0, 0.05) is 39.8 Å². The maximum atomic E-state index is 14.2. The van der Waals surface area contributed by atoms with Crippen molar-refractivity contribution in [1.29, 1.82) is 0 Å². The summed E-state index contributed by atoms with van der Waals surface area (Å²) in [7, 11) is 1.58. The topological polar surface area (TPSA) is 73.1 Å². The molecule has 1 atom stereocenters. The quantitative estimate of drug-likeness (QED) is 0.226. The molecule has 5 rings (SSSR count). The second-order valence-corrected chi connectivity index (χ2v) is 11.7. The van der Waals surface area contributed by atoms with Gasteiger partial charge in [0.05, 0.1) is 22.9 Å². The monoisotopic (exact) mass is 635 g/mol. The second-order valence-electron chi connectivity index (χ2n) is 9.86. The van der Waals surface area contributed by atoms with E-state index in [-0.39, 0.29) is 18.1 Å². The summed E-state index contributed by atoms with van der Waals surface area (Å²) in [5.41, 5.74) is 2.89. The fourth-order valence-corrected chi connectivity index (χ4v) is 6.55. The van der Waals surface area contributed by atoms with Crippen LogP contribution in [0.15, 0.2) is 87.8 Å². The number of likely N-dealkylation sites (N-methyl/N-ethyl adjacent to an activating group) is 1. The summed E-state index contributed by atoms with van der Waals surface area (Å²) in [6.45, 7) is 6.98. The van der Waals surface area contributed by atoms with Gasteiger partial charge in [0.2, 0.25) is 0 Å². The summed E-state index contributed by atoms with van der Waals surface area (Å²) in [5.74, 6) is 0.957. The first-order chi connectivity index (χ1) is 20.8. The number of para-hydroxylation sites is 1. The molecule has 0 fully saturated rings. The van der Waals surface area contributed by atoms with Crippen LogP contribution in [0.3, 0.4) is 0 Å². The largest absolute Gasteiger partial charge is 0.496 e. The number of nitrogens with zero attached hydrogens (tertiary/aromatic N) is 3. The van der Waals surface area contributed by atoms with Gasteiger partial charge in [-0.2, -0.15) is 0 Å². The van der Waals surface area contributed by atoms with Crippen molar-refractivity contribution in [1.82, 2.24) is 9.47 Å². The highest BCUT2D eigenvalue weighted by atomic mass is 35.5. The van der Waals surface area contributed by atoms with Crippen molar-refractivity contribution in [3.05, 3.63) is 124 Å². The Balaban J connectivity index is 1.66. The molecular weight excluding hydrogens is 605 g/mol. The van der Waals surface area contributed by atoms with E-state index in [1.165, 1.54) is 11.3 Å². The van der Waals surface area contributed by atoms with Crippen molar-refractivity contribution in [2.24, 2.45) is 4.99 Å². The molecule has 0 radical (unpaired) electrons. The number of amides is 1. The average molecular weight is 637 g/mol. The lowest BCUT2D eigenvalue weighted by Crippen LogP contribution is -2.43. The van der Waals surface area contributed by atoms with Crippen LogP contribution in [-0.4, -0.2) is 35.6 Å². The zero-order valence-corrected chi connectivity index (χ0v) is 26.6. The molecule has 1 aliphatic rings. The van der Waals surface area contributed by atoms with E-state index in [0.29, 0.717) is 66.4 Å². The molecule has 1 amide bonds. The third-order valence-electron chi connectivity index (χ3n) is 7.34. The Labute approximate surface area is 263 Å². The van der Waals surface area contributed by atoms with Crippen LogP contribution in [0.5, 0.6) is 11.5 Å². The zero-order chi connectivity index (χ0) is 30.7. The predicted octanol–water partition coefficient (Wildman–Crippen LogP) is 6.00. The number of rotatable bonds is 9. The third-order valence-corrected chi connectivity index (χ3v) is 8.92. The minimum absolute atomic E-state index is 0.165. The molecule has 7 nitrogen and oxygen atoms in total. The molecule has 1 aliphatic heterocycles. The molecule has 222 valence electrons. The Kier molecular flexibility index (Phi) is 9.40. The van der Waals surface area contributed by atoms with Gasteiger partial charge in [0.1, 0.15) is 24.1 Å². The van der Waals surface area contributed by atoms with Crippen LogP contribution in [0.2, 0.25) is 10.0 Å². The second kappa shape index (κ2) is 13.2. The fraction of sp³-hybridized carbons (Fsp3) is 0.242. The standard InChI is InChI=1S/C33H31Cl2N3O4S/c1-5-37(6-2)32(40)29-20(3)36-33-38(30(29)24-12-8-10-14-27(24)41-4)31(39)28(43-33)18-22-17-23(34)15-16-26(22)42-19-21-11-7-9-13-25(21)35/h7-18,30H,5-6,19H2,1-4H3/b28-18+/t30-/m0/s1. The molecule has 0 N–H and O–H groups in total. The normalized spacial score (nSPS) is 14.7. The van der Waals surface area contributed by atoms with Crippen molar-refractivity contribution < 1.29 is 14.3 Å². The summed E-state index contributed by atoms with van der Waals surface area (Å²) in [6.07, 6.45) is 1.75. The Morgan fingerprint density at radius 1 is 1.05 bits per heavy atom. The molecule has 0 aliphatic carbocycles. The highest BCUT2D eigenvalue weighted by Crippen LogP contribution is 2.36. The van der Waals surface area contributed by atoms with Gasteiger partial charge in [-0.3, -0.25) is 14.2 Å². The summed E-state index contributed by atoms with van der Waals surface area (Å²) in [5, 5.41) is 1.10. The van der Waals surface area contributed by atoms with Crippen LogP contribution in [0.1, 0.15) is 43.5 Å². The number of hydrogen-bond donors (Lipinski definition) is 0. The smallest absolute Gasteiger partial charge is 0.271 e. The van der Waals surface area contributed by atoms with E-state index in [1.807, 2.05) is 69.3 Å². The number of benzene rings is 3. The number of thiazole rings is 1. The lowest BCUT2D eigenvalue weighted by molar-refractivity contribution is -0.127. The van der Waals surface area contributed by atoms with Gasteiger partial charge in [-0.1, -0.05) is 70.9 Å². The molecule has 2 heterocycles. The molecule has 0 saturated heterocycles. The van der Waals surface area contributed by atoms with Crippen LogP contribution < -0.4 is 24.4 Å². The van der Waals surface area contributed by atoms with E-state index in [1.54, 1.807) is 40.9 Å². The van der Waals surface area contributed by atoms with Crippen LogP contribution in [0, 0.1) is 0 Å². The molecule has 0 bridgehead atoms. The minimum Gasteiger partial charge on any atom is -0.496 e. The third kappa shape index (κ3) is 6.13. The molecular formula is C33H31Cl2N3O4S. The Morgan fingerprint density at radius 2 is 1.77 bits per heavy atom. The Morgan fingerprint density at radius 3 is 2.49 bits per heavy atom. The summed E-state index contributed by atoms with van der Waals surface area (Å²) < 4.78 is 13.8. The van der Waals surface area contributed by atoms with E-state index in [2.05, 4.69) is 0 Å². The van der Waals surface area contributed by atoms with Crippen LogP contribution in [-0.2, 0) is 11.4 Å². The number of carbonyl (C=O) groups excluding carboxylic acids is 1. The lowest BCUT2D eigenvalue weighted by Gasteiger charge is -2.29. The molecule has 1 aromatic heterocycles. The number of fused-ring (bicyclic) bond motifs is 1. The number of halogens is 2. The molecule has 0 unspecified atom stereocenters. The zero-order valence-electron chi connectivity index (χ0n) is 24.3. The van der Waals surface area contributed by atoms with Gasteiger partial charge >= 0.3 is 0 Å². The first kappa shape index (κ1) is 30.6. The van der Waals surface area contributed by atoms with Gasteiger partial charge in [0.25, 0.3) is 11.5 Å². The number of hydrogen-bond acceptors (Lipinski definition) is 6. The van der Waals surface area contributed by atoms with E-state index in [4.69, 9.17) is 37.7 Å². The maximum Gasteiger partial charge on any atom is 0.271 e. The molecule has 3 aromatic carbocycles. The van der Waals surface area contributed by atoms with Crippen LogP contribution in [0.25, 0.3) is 6.08 Å². The maximum absolute atomic E-state index is 14.2. The van der Waals surface area contributed by atoms with Gasteiger partial charge in [-0.05, 0) is 57.2 Å². The molecule has 0 saturated carbocycles. The van der Waals surface area contributed by atoms with Crippen molar-refractivity contribution >= 4 is 46.5 Å².